The maximum atomic E-state index is 12.7. The molecule has 0 saturated carbocycles. The van der Waals surface area contributed by atoms with Crippen molar-refractivity contribution >= 4 is 23.5 Å². The van der Waals surface area contributed by atoms with Gasteiger partial charge in [-0.25, -0.2) is 4.98 Å². The molecule has 0 N–H and O–H groups in total. The van der Waals surface area contributed by atoms with Crippen molar-refractivity contribution in [3.63, 3.8) is 0 Å². The first kappa shape index (κ1) is 18.0. The van der Waals surface area contributed by atoms with E-state index in [4.69, 9.17) is 4.74 Å². The second-order valence-corrected chi connectivity index (χ2v) is 6.73. The van der Waals surface area contributed by atoms with E-state index in [1.165, 1.54) is 7.05 Å². The summed E-state index contributed by atoms with van der Waals surface area (Å²) >= 11 is 0. The zero-order valence-electron chi connectivity index (χ0n) is 15.7. The number of amides is 3. The Balaban J connectivity index is 1.49. The number of hydrogen-bond acceptors (Lipinski definition) is 6. The number of anilines is 1. The second kappa shape index (κ2) is 6.95. The minimum Gasteiger partial charge on any atom is -0.497 e. The molecule has 0 atom stereocenters. The highest BCUT2D eigenvalue weighted by Gasteiger charge is 2.37. The lowest BCUT2D eigenvalue weighted by Gasteiger charge is -2.36. The Labute approximate surface area is 162 Å². The highest BCUT2D eigenvalue weighted by Crippen LogP contribution is 2.29. The minimum atomic E-state index is -0.333. The fraction of sp³-hybridized carbons (Fsp3) is 0.300. The molecule has 144 valence electrons. The summed E-state index contributed by atoms with van der Waals surface area (Å²) in [6, 6.07) is 8.60. The van der Waals surface area contributed by atoms with Crippen LogP contribution in [-0.2, 0) is 0 Å². The van der Waals surface area contributed by atoms with Gasteiger partial charge in [-0.1, -0.05) is 0 Å². The van der Waals surface area contributed by atoms with E-state index in [9.17, 15) is 14.4 Å². The van der Waals surface area contributed by atoms with Gasteiger partial charge in [-0.2, -0.15) is 0 Å². The van der Waals surface area contributed by atoms with Gasteiger partial charge in [-0.05, 0) is 30.3 Å². The van der Waals surface area contributed by atoms with Gasteiger partial charge in [0.15, 0.2) is 0 Å². The van der Waals surface area contributed by atoms with E-state index in [0.717, 1.165) is 4.90 Å². The van der Waals surface area contributed by atoms with Crippen molar-refractivity contribution in [3.8, 4) is 5.75 Å². The number of piperazine rings is 1. The molecule has 0 bridgehead atoms. The van der Waals surface area contributed by atoms with Crippen LogP contribution >= 0.6 is 0 Å². The molecule has 3 amide bonds. The lowest BCUT2D eigenvalue weighted by Crippen LogP contribution is -2.49. The highest BCUT2D eigenvalue weighted by molar-refractivity contribution is 6.23. The van der Waals surface area contributed by atoms with Crippen molar-refractivity contribution in [2.24, 2.45) is 0 Å². The summed E-state index contributed by atoms with van der Waals surface area (Å²) in [6.45, 7) is 2.09. The molecule has 2 aliphatic rings. The average Bonchev–Trinajstić information content (AvgIpc) is 2.97. The van der Waals surface area contributed by atoms with Crippen molar-refractivity contribution in [3.05, 3.63) is 53.2 Å². The van der Waals surface area contributed by atoms with Crippen LogP contribution in [0.3, 0.4) is 0 Å². The van der Waals surface area contributed by atoms with Crippen molar-refractivity contribution in [1.29, 1.82) is 0 Å². The molecule has 8 nitrogen and oxygen atoms in total. The molecule has 0 unspecified atom stereocenters. The molecule has 1 fully saturated rings. The lowest BCUT2D eigenvalue weighted by molar-refractivity contribution is 0.0689. The summed E-state index contributed by atoms with van der Waals surface area (Å²) in [5.41, 5.74) is 1.34. The van der Waals surface area contributed by atoms with Gasteiger partial charge in [-0.15, -0.1) is 0 Å². The Morgan fingerprint density at radius 1 is 1.00 bits per heavy atom. The smallest absolute Gasteiger partial charge is 0.265 e. The normalized spacial score (nSPS) is 16.4. The van der Waals surface area contributed by atoms with Gasteiger partial charge in [0.25, 0.3) is 17.7 Å². The summed E-state index contributed by atoms with van der Waals surface area (Å²) in [5.74, 6) is 0.530. The van der Waals surface area contributed by atoms with Gasteiger partial charge in [0, 0.05) is 45.0 Å². The third kappa shape index (κ3) is 2.87. The number of hydrogen-bond donors (Lipinski definition) is 0. The molecule has 1 aromatic carbocycles. The molecule has 1 saturated heterocycles. The summed E-state index contributed by atoms with van der Waals surface area (Å²) in [7, 11) is 3.06. The van der Waals surface area contributed by atoms with Crippen LogP contribution in [-0.4, -0.2) is 72.8 Å². The predicted molar refractivity (Wildman–Crippen MR) is 102 cm³/mol. The first-order valence-electron chi connectivity index (χ1n) is 9.01. The molecule has 0 spiro atoms. The van der Waals surface area contributed by atoms with Crippen molar-refractivity contribution in [2.75, 3.05) is 45.2 Å². The number of methoxy groups -OCH3 is 1. The minimum absolute atomic E-state index is 0.0421. The molecule has 4 rings (SSSR count). The third-order valence-corrected chi connectivity index (χ3v) is 5.19. The lowest BCUT2D eigenvalue weighted by atomic mass is 10.1. The standard InChI is InChI=1S/C20H20N4O4/c1-22-19(26)15-7-8-21-17(16(15)20(22)27)23-9-11-24(12-10-23)18(25)13-3-5-14(28-2)6-4-13/h3-8H,9-12H2,1-2H3. The second-order valence-electron chi connectivity index (χ2n) is 6.73. The topological polar surface area (TPSA) is 83.1 Å². The molecule has 8 heteroatoms. The Morgan fingerprint density at radius 3 is 2.32 bits per heavy atom. The zero-order valence-corrected chi connectivity index (χ0v) is 15.7. The van der Waals surface area contributed by atoms with E-state index in [2.05, 4.69) is 4.98 Å². The van der Waals surface area contributed by atoms with Crippen LogP contribution in [0, 0.1) is 0 Å². The fourth-order valence-electron chi connectivity index (χ4n) is 3.56. The van der Waals surface area contributed by atoms with Gasteiger partial charge < -0.3 is 14.5 Å². The average molecular weight is 380 g/mol. The molecule has 2 aromatic rings. The molecule has 0 radical (unpaired) electrons. The molecule has 1 aromatic heterocycles. The quantitative estimate of drug-likeness (QED) is 0.746. The number of pyridine rings is 1. The zero-order chi connectivity index (χ0) is 19.8. The number of ether oxygens (including phenoxy) is 1. The summed E-state index contributed by atoms with van der Waals surface area (Å²) in [6.07, 6.45) is 1.55. The molecule has 0 aliphatic carbocycles. The maximum absolute atomic E-state index is 12.7. The Morgan fingerprint density at radius 2 is 1.68 bits per heavy atom. The number of fused-ring (bicyclic) bond motifs is 1. The van der Waals surface area contributed by atoms with Crippen molar-refractivity contribution in [2.45, 2.75) is 0 Å². The largest absolute Gasteiger partial charge is 0.497 e. The molecule has 3 heterocycles. The summed E-state index contributed by atoms with van der Waals surface area (Å²) < 4.78 is 5.12. The van der Waals surface area contributed by atoms with Gasteiger partial charge in [0.1, 0.15) is 11.6 Å². The van der Waals surface area contributed by atoms with E-state index in [0.29, 0.717) is 54.4 Å². The van der Waals surface area contributed by atoms with Crippen molar-refractivity contribution in [1.82, 2.24) is 14.8 Å². The number of benzene rings is 1. The van der Waals surface area contributed by atoms with Crippen LogP contribution < -0.4 is 9.64 Å². The molecule has 2 aliphatic heterocycles. The Bertz CT molecular complexity index is 949. The number of aromatic nitrogens is 1. The third-order valence-electron chi connectivity index (χ3n) is 5.19. The van der Waals surface area contributed by atoms with Gasteiger partial charge >= 0.3 is 0 Å². The van der Waals surface area contributed by atoms with Crippen LogP contribution in [0.4, 0.5) is 5.82 Å². The molecular weight excluding hydrogens is 360 g/mol. The Kier molecular flexibility index (Phi) is 4.46. The first-order chi connectivity index (χ1) is 13.5. The SMILES string of the molecule is COc1ccc(C(=O)N2CCN(c3nccc4c3C(=O)N(C)C4=O)CC2)cc1. The summed E-state index contributed by atoms with van der Waals surface area (Å²) in [4.78, 5) is 46.5. The number of carbonyl (C=O) groups excluding carboxylic acids is 3. The first-order valence-corrected chi connectivity index (χ1v) is 9.01. The van der Waals surface area contributed by atoms with Crippen LogP contribution in [0.25, 0.3) is 0 Å². The van der Waals surface area contributed by atoms with Crippen LogP contribution in [0.5, 0.6) is 5.75 Å². The van der Waals surface area contributed by atoms with Crippen LogP contribution in [0.2, 0.25) is 0 Å². The van der Waals surface area contributed by atoms with Gasteiger partial charge in [0.05, 0.1) is 18.2 Å². The van der Waals surface area contributed by atoms with E-state index < -0.39 is 0 Å². The van der Waals surface area contributed by atoms with E-state index in [1.807, 2.05) is 4.90 Å². The predicted octanol–water partition coefficient (Wildman–Crippen LogP) is 1.28. The number of imide groups is 1. The summed E-state index contributed by atoms with van der Waals surface area (Å²) in [5, 5.41) is 0. The van der Waals surface area contributed by atoms with Gasteiger partial charge in [0.2, 0.25) is 0 Å². The maximum Gasteiger partial charge on any atom is 0.265 e. The fourth-order valence-corrected chi connectivity index (χ4v) is 3.56. The molecule has 28 heavy (non-hydrogen) atoms. The van der Waals surface area contributed by atoms with Gasteiger partial charge in [-0.3, -0.25) is 19.3 Å². The van der Waals surface area contributed by atoms with E-state index in [1.54, 1.807) is 48.5 Å². The Hall–Kier alpha value is -3.42. The van der Waals surface area contributed by atoms with Crippen LogP contribution in [0.1, 0.15) is 31.1 Å². The monoisotopic (exact) mass is 380 g/mol. The number of carbonyl (C=O) groups is 3. The van der Waals surface area contributed by atoms with Crippen LogP contribution in [0.15, 0.2) is 36.5 Å². The number of nitrogens with zero attached hydrogens (tertiary/aromatic N) is 4. The number of rotatable bonds is 3. The van der Waals surface area contributed by atoms with Crippen molar-refractivity contribution < 1.29 is 19.1 Å². The van der Waals surface area contributed by atoms with E-state index in [-0.39, 0.29) is 17.7 Å². The van der Waals surface area contributed by atoms with E-state index >= 15 is 0 Å². The highest BCUT2D eigenvalue weighted by atomic mass is 16.5. The molecular formula is C20H20N4O4.